The molecule has 0 bridgehead atoms. The lowest BCUT2D eigenvalue weighted by molar-refractivity contribution is -0.136. The van der Waals surface area contributed by atoms with Crippen LogP contribution in [-0.2, 0) is 9.53 Å². The quantitative estimate of drug-likeness (QED) is 0.679. The first-order valence-corrected chi connectivity index (χ1v) is 6.49. The minimum Gasteiger partial charge on any atom is -0.381 e. The van der Waals surface area contributed by atoms with Crippen LogP contribution in [0.4, 0.5) is 0 Å². The molecule has 2 nitrogen and oxygen atoms in total. The van der Waals surface area contributed by atoms with Crippen molar-refractivity contribution < 1.29 is 9.53 Å². The Balaban J connectivity index is 4.16. The minimum atomic E-state index is -0.296. The van der Waals surface area contributed by atoms with Gasteiger partial charge < -0.3 is 4.74 Å². The zero-order valence-corrected chi connectivity index (χ0v) is 12.9. The maximum Gasteiger partial charge on any atom is 0.143 e. The standard InChI is InChI=1S/C15H30O2/c1-13(2,3)11-17-10-9-15(7,8)12(16)14(4,5)6/h9-11H2,1-8H3. The monoisotopic (exact) mass is 242 g/mol. The first kappa shape index (κ1) is 16.6. The first-order chi connectivity index (χ1) is 7.36. The van der Waals surface area contributed by atoms with E-state index in [1.165, 1.54) is 0 Å². The zero-order chi connectivity index (χ0) is 13.9. The van der Waals surface area contributed by atoms with Crippen LogP contribution in [0.2, 0.25) is 0 Å². The van der Waals surface area contributed by atoms with E-state index in [4.69, 9.17) is 4.74 Å². The van der Waals surface area contributed by atoms with Crippen molar-refractivity contribution in [2.75, 3.05) is 13.2 Å². The molecule has 0 atom stereocenters. The molecule has 0 saturated carbocycles. The van der Waals surface area contributed by atoms with Crippen molar-refractivity contribution in [1.82, 2.24) is 0 Å². The number of hydrogen-bond acceptors (Lipinski definition) is 2. The Morgan fingerprint density at radius 1 is 0.941 bits per heavy atom. The number of hydrogen-bond donors (Lipinski definition) is 0. The Morgan fingerprint density at radius 3 is 1.76 bits per heavy atom. The smallest absolute Gasteiger partial charge is 0.143 e. The third-order valence-corrected chi connectivity index (χ3v) is 2.70. The normalized spacial score (nSPS) is 13.9. The van der Waals surface area contributed by atoms with Crippen molar-refractivity contribution in [3.63, 3.8) is 0 Å². The molecule has 2 heteroatoms. The molecule has 0 aromatic rings. The number of ether oxygens (including phenoxy) is 1. The van der Waals surface area contributed by atoms with E-state index in [0.29, 0.717) is 12.4 Å². The summed E-state index contributed by atoms with van der Waals surface area (Å²) in [6, 6.07) is 0. The lowest BCUT2D eigenvalue weighted by Gasteiger charge is -2.31. The molecule has 0 aliphatic rings. The molecule has 0 radical (unpaired) electrons. The van der Waals surface area contributed by atoms with Gasteiger partial charge in [0.05, 0.1) is 6.61 Å². The Hall–Kier alpha value is -0.370. The molecule has 0 amide bonds. The molecule has 0 unspecified atom stereocenters. The predicted molar refractivity (Wildman–Crippen MR) is 73.1 cm³/mol. The van der Waals surface area contributed by atoms with E-state index < -0.39 is 0 Å². The van der Waals surface area contributed by atoms with Gasteiger partial charge >= 0.3 is 0 Å². The molecule has 0 aliphatic heterocycles. The van der Waals surface area contributed by atoms with E-state index in [0.717, 1.165) is 13.0 Å². The van der Waals surface area contributed by atoms with E-state index in [2.05, 4.69) is 20.8 Å². The summed E-state index contributed by atoms with van der Waals surface area (Å²) in [6.45, 7) is 17.8. The third kappa shape index (κ3) is 6.82. The second-order valence-corrected chi connectivity index (χ2v) is 7.83. The Kier molecular flexibility index (Phi) is 5.39. The largest absolute Gasteiger partial charge is 0.381 e. The average Bonchev–Trinajstić information content (AvgIpc) is 2.08. The predicted octanol–water partition coefficient (Wildman–Crippen LogP) is 4.08. The molecular formula is C15H30O2. The van der Waals surface area contributed by atoms with Crippen molar-refractivity contribution in [2.45, 2.75) is 61.8 Å². The van der Waals surface area contributed by atoms with Gasteiger partial charge in [-0.2, -0.15) is 0 Å². The summed E-state index contributed by atoms with van der Waals surface area (Å²) >= 11 is 0. The fourth-order valence-corrected chi connectivity index (χ4v) is 1.83. The van der Waals surface area contributed by atoms with Gasteiger partial charge in [0.15, 0.2) is 0 Å². The molecule has 0 aliphatic carbocycles. The minimum absolute atomic E-state index is 0.193. The van der Waals surface area contributed by atoms with Crippen LogP contribution in [0, 0.1) is 16.2 Å². The van der Waals surface area contributed by atoms with Crippen molar-refractivity contribution >= 4 is 5.78 Å². The van der Waals surface area contributed by atoms with Gasteiger partial charge in [0.25, 0.3) is 0 Å². The summed E-state index contributed by atoms with van der Waals surface area (Å²) < 4.78 is 5.64. The van der Waals surface area contributed by atoms with Gasteiger partial charge in [-0.3, -0.25) is 4.79 Å². The van der Waals surface area contributed by atoms with Crippen LogP contribution in [0.25, 0.3) is 0 Å². The number of Topliss-reactive ketones (excluding diaryl/α,β-unsaturated/α-hetero) is 1. The highest BCUT2D eigenvalue weighted by atomic mass is 16.5. The molecule has 0 fully saturated rings. The van der Waals surface area contributed by atoms with Gasteiger partial charge in [-0.25, -0.2) is 0 Å². The van der Waals surface area contributed by atoms with E-state index >= 15 is 0 Å². The summed E-state index contributed by atoms with van der Waals surface area (Å²) in [5.41, 5.74) is -0.373. The lowest BCUT2D eigenvalue weighted by Crippen LogP contribution is -2.36. The molecule has 17 heavy (non-hydrogen) atoms. The lowest BCUT2D eigenvalue weighted by atomic mass is 9.73. The van der Waals surface area contributed by atoms with Gasteiger partial charge in [0, 0.05) is 17.4 Å². The van der Waals surface area contributed by atoms with Crippen molar-refractivity contribution in [3.8, 4) is 0 Å². The molecular weight excluding hydrogens is 212 g/mol. The fourth-order valence-electron chi connectivity index (χ4n) is 1.83. The van der Waals surface area contributed by atoms with Crippen molar-refractivity contribution in [1.29, 1.82) is 0 Å². The number of carbonyl (C=O) groups is 1. The van der Waals surface area contributed by atoms with E-state index in [1.54, 1.807) is 0 Å². The van der Waals surface area contributed by atoms with Crippen LogP contribution in [0.3, 0.4) is 0 Å². The van der Waals surface area contributed by atoms with Crippen LogP contribution in [0.15, 0.2) is 0 Å². The van der Waals surface area contributed by atoms with Gasteiger partial charge in [0.1, 0.15) is 5.78 Å². The molecule has 0 spiro atoms. The zero-order valence-electron chi connectivity index (χ0n) is 12.9. The highest BCUT2D eigenvalue weighted by Crippen LogP contribution is 2.31. The molecule has 0 N–H and O–H groups in total. The summed E-state index contributed by atoms with van der Waals surface area (Å²) in [5, 5.41) is 0. The van der Waals surface area contributed by atoms with Crippen LogP contribution in [-0.4, -0.2) is 19.0 Å². The maximum absolute atomic E-state index is 12.2. The highest BCUT2D eigenvalue weighted by Gasteiger charge is 2.35. The van der Waals surface area contributed by atoms with Crippen molar-refractivity contribution in [3.05, 3.63) is 0 Å². The molecule has 0 heterocycles. The van der Waals surface area contributed by atoms with Crippen molar-refractivity contribution in [2.24, 2.45) is 16.2 Å². The van der Waals surface area contributed by atoms with Crippen LogP contribution < -0.4 is 0 Å². The molecule has 0 aromatic carbocycles. The number of carbonyl (C=O) groups excluding carboxylic acids is 1. The number of rotatable bonds is 5. The molecule has 0 rings (SSSR count). The Labute approximate surface area is 107 Å². The van der Waals surface area contributed by atoms with Gasteiger partial charge in [0.2, 0.25) is 0 Å². The average molecular weight is 242 g/mol. The Morgan fingerprint density at radius 2 is 1.41 bits per heavy atom. The third-order valence-electron chi connectivity index (χ3n) is 2.70. The second-order valence-electron chi connectivity index (χ2n) is 7.83. The fraction of sp³-hybridized carbons (Fsp3) is 0.933. The van der Waals surface area contributed by atoms with E-state index in [-0.39, 0.29) is 16.2 Å². The summed E-state index contributed by atoms with van der Waals surface area (Å²) in [4.78, 5) is 12.2. The first-order valence-electron chi connectivity index (χ1n) is 6.49. The maximum atomic E-state index is 12.2. The Bertz CT molecular complexity index is 251. The van der Waals surface area contributed by atoms with Crippen LogP contribution in [0.5, 0.6) is 0 Å². The van der Waals surface area contributed by atoms with Crippen LogP contribution >= 0.6 is 0 Å². The number of ketones is 1. The van der Waals surface area contributed by atoms with Gasteiger partial charge in [-0.05, 0) is 11.8 Å². The van der Waals surface area contributed by atoms with Crippen LogP contribution in [0.1, 0.15) is 61.8 Å². The summed E-state index contributed by atoms with van der Waals surface area (Å²) in [5.74, 6) is 0.310. The topological polar surface area (TPSA) is 26.3 Å². The van der Waals surface area contributed by atoms with E-state index in [1.807, 2.05) is 34.6 Å². The summed E-state index contributed by atoms with van der Waals surface area (Å²) in [7, 11) is 0. The van der Waals surface area contributed by atoms with Gasteiger partial charge in [-0.1, -0.05) is 55.4 Å². The SMILES string of the molecule is CC(C)(C)COCCC(C)(C)C(=O)C(C)(C)C. The van der Waals surface area contributed by atoms with E-state index in [9.17, 15) is 4.79 Å². The highest BCUT2D eigenvalue weighted by molar-refractivity contribution is 5.88. The molecule has 0 saturated heterocycles. The second kappa shape index (κ2) is 5.51. The summed E-state index contributed by atoms with van der Waals surface area (Å²) in [6.07, 6.45) is 0.791. The van der Waals surface area contributed by atoms with Gasteiger partial charge in [-0.15, -0.1) is 0 Å². The molecule has 0 aromatic heterocycles. The molecule has 102 valence electrons.